The molecule has 0 unspecified atom stereocenters. The van der Waals surface area contributed by atoms with Gasteiger partial charge in [0.25, 0.3) is 10.0 Å². The zero-order valence-corrected chi connectivity index (χ0v) is 15.5. The molecule has 0 bridgehead atoms. The van der Waals surface area contributed by atoms with Crippen LogP contribution in [0.3, 0.4) is 0 Å². The van der Waals surface area contributed by atoms with E-state index in [2.05, 4.69) is 9.88 Å². The second-order valence-corrected chi connectivity index (χ2v) is 7.32. The van der Waals surface area contributed by atoms with Crippen molar-refractivity contribution in [2.75, 3.05) is 18.9 Å². The van der Waals surface area contributed by atoms with Crippen LogP contribution in [-0.4, -0.2) is 27.8 Å². The van der Waals surface area contributed by atoms with Crippen molar-refractivity contribution in [1.29, 1.82) is 0 Å². The van der Waals surface area contributed by atoms with Gasteiger partial charge in [-0.05, 0) is 42.0 Å². The first-order valence-electron chi connectivity index (χ1n) is 7.40. The van der Waals surface area contributed by atoms with E-state index in [1.807, 2.05) is 0 Å². The average molecular weight is 395 g/mol. The van der Waals surface area contributed by atoms with E-state index in [1.165, 1.54) is 44.7 Å². The van der Waals surface area contributed by atoms with Crippen LogP contribution in [0.1, 0.15) is 0 Å². The molecule has 0 aliphatic carbocycles. The molecule has 0 radical (unpaired) electrons. The molecular formula is C17H15ClN2O5S. The molecule has 1 aromatic heterocycles. The minimum Gasteiger partial charge on any atom is -0.493 e. The number of aromatic nitrogens is 1. The van der Waals surface area contributed by atoms with E-state index in [-0.39, 0.29) is 10.8 Å². The molecule has 2 aromatic carbocycles. The van der Waals surface area contributed by atoms with Crippen molar-refractivity contribution in [3.05, 3.63) is 53.7 Å². The first kappa shape index (κ1) is 18.1. The largest absolute Gasteiger partial charge is 0.493 e. The van der Waals surface area contributed by atoms with Gasteiger partial charge in [-0.1, -0.05) is 22.8 Å². The third kappa shape index (κ3) is 3.61. The van der Waals surface area contributed by atoms with Crippen LogP contribution in [0, 0.1) is 0 Å². The highest BCUT2D eigenvalue weighted by Gasteiger charge is 2.20. The number of nitrogens with one attached hydrogen (secondary N) is 1. The predicted molar refractivity (Wildman–Crippen MR) is 97.3 cm³/mol. The van der Waals surface area contributed by atoms with E-state index in [1.54, 1.807) is 18.2 Å². The summed E-state index contributed by atoms with van der Waals surface area (Å²) >= 11 is 5.80. The van der Waals surface area contributed by atoms with Crippen LogP contribution in [0.2, 0.25) is 5.02 Å². The van der Waals surface area contributed by atoms with Crippen molar-refractivity contribution < 1.29 is 22.4 Å². The third-order valence-electron chi connectivity index (χ3n) is 3.62. The lowest BCUT2D eigenvalue weighted by Crippen LogP contribution is -2.12. The Bertz CT molecular complexity index is 1020. The van der Waals surface area contributed by atoms with Gasteiger partial charge < -0.3 is 14.0 Å². The van der Waals surface area contributed by atoms with Gasteiger partial charge in [0, 0.05) is 5.02 Å². The summed E-state index contributed by atoms with van der Waals surface area (Å²) in [5.41, 5.74) is 1.11. The van der Waals surface area contributed by atoms with Crippen LogP contribution < -0.4 is 14.2 Å². The quantitative estimate of drug-likeness (QED) is 0.683. The second kappa shape index (κ2) is 7.27. The summed E-state index contributed by atoms with van der Waals surface area (Å²) in [6, 6.07) is 10.9. The van der Waals surface area contributed by atoms with Gasteiger partial charge in [0.05, 0.1) is 30.9 Å². The topological polar surface area (TPSA) is 90.7 Å². The zero-order valence-electron chi connectivity index (χ0n) is 13.9. The fourth-order valence-electron chi connectivity index (χ4n) is 2.32. The highest BCUT2D eigenvalue weighted by molar-refractivity contribution is 7.92. The molecule has 0 saturated heterocycles. The van der Waals surface area contributed by atoms with Crippen molar-refractivity contribution in [2.24, 2.45) is 0 Å². The Morgan fingerprint density at radius 2 is 1.73 bits per heavy atom. The minimum absolute atomic E-state index is 0.00725. The van der Waals surface area contributed by atoms with E-state index < -0.39 is 10.0 Å². The van der Waals surface area contributed by atoms with Crippen molar-refractivity contribution in [2.45, 2.75) is 4.90 Å². The summed E-state index contributed by atoms with van der Waals surface area (Å²) in [4.78, 5) is 0.0524. The number of halogens is 1. The fourth-order valence-corrected chi connectivity index (χ4v) is 3.45. The normalized spacial score (nSPS) is 11.2. The molecule has 1 heterocycles. The number of methoxy groups -OCH3 is 2. The molecule has 0 aliphatic heterocycles. The molecule has 0 saturated carbocycles. The van der Waals surface area contributed by atoms with E-state index in [9.17, 15) is 8.42 Å². The van der Waals surface area contributed by atoms with Crippen molar-refractivity contribution in [1.82, 2.24) is 5.16 Å². The molecular weight excluding hydrogens is 380 g/mol. The van der Waals surface area contributed by atoms with Gasteiger partial charge in [-0.25, -0.2) is 13.1 Å². The average Bonchev–Trinajstić information content (AvgIpc) is 3.08. The van der Waals surface area contributed by atoms with E-state index in [4.69, 9.17) is 25.6 Å². The zero-order chi connectivity index (χ0) is 18.7. The summed E-state index contributed by atoms with van der Waals surface area (Å²) in [5, 5.41) is 4.13. The second-order valence-electron chi connectivity index (χ2n) is 5.20. The van der Waals surface area contributed by atoms with Gasteiger partial charge in [-0.15, -0.1) is 0 Å². The molecule has 0 spiro atoms. The Hall–Kier alpha value is -2.71. The van der Waals surface area contributed by atoms with Gasteiger partial charge in [0.2, 0.25) is 5.88 Å². The highest BCUT2D eigenvalue weighted by atomic mass is 35.5. The number of sulfonamides is 1. The maximum atomic E-state index is 12.5. The Balaban J connectivity index is 1.95. The van der Waals surface area contributed by atoms with Crippen LogP contribution in [0.25, 0.3) is 11.1 Å². The smallest absolute Gasteiger partial charge is 0.264 e. The Morgan fingerprint density at radius 1 is 1.04 bits per heavy atom. The molecule has 9 heteroatoms. The molecule has 0 fully saturated rings. The van der Waals surface area contributed by atoms with Gasteiger partial charge in [0.1, 0.15) is 0 Å². The summed E-state index contributed by atoms with van der Waals surface area (Å²) in [6.07, 6.45) is 1.42. The van der Waals surface area contributed by atoms with Gasteiger partial charge in [0.15, 0.2) is 11.5 Å². The first-order valence-corrected chi connectivity index (χ1v) is 9.26. The number of benzene rings is 2. The Labute approximate surface area is 155 Å². The number of anilines is 1. The number of hydrogen-bond acceptors (Lipinski definition) is 6. The first-order chi connectivity index (χ1) is 12.4. The number of nitrogens with zero attached hydrogens (tertiary/aromatic N) is 1. The standard InChI is InChI=1S/C17H15ClN2O5S/c1-23-15-8-3-11(9-16(15)24-2)14-10-19-25-17(14)20-26(21,22)13-6-4-12(18)5-7-13/h3-10,20H,1-2H3. The third-order valence-corrected chi connectivity index (χ3v) is 5.21. The predicted octanol–water partition coefficient (Wildman–Crippen LogP) is 3.81. The van der Waals surface area contributed by atoms with Gasteiger partial charge >= 0.3 is 0 Å². The summed E-state index contributed by atoms with van der Waals surface area (Å²) in [6.45, 7) is 0. The van der Waals surface area contributed by atoms with Crippen molar-refractivity contribution >= 4 is 27.5 Å². The summed E-state index contributed by atoms with van der Waals surface area (Å²) < 4.78 is 43.0. The molecule has 26 heavy (non-hydrogen) atoms. The number of ether oxygens (including phenoxy) is 2. The number of hydrogen-bond donors (Lipinski definition) is 1. The van der Waals surface area contributed by atoms with Crippen molar-refractivity contribution in [3.63, 3.8) is 0 Å². The SMILES string of the molecule is COc1ccc(-c2cnoc2NS(=O)(=O)c2ccc(Cl)cc2)cc1OC. The van der Waals surface area contributed by atoms with Gasteiger partial charge in [-0.3, -0.25) is 0 Å². The molecule has 0 atom stereocenters. The molecule has 1 N–H and O–H groups in total. The molecule has 0 amide bonds. The van der Waals surface area contributed by atoms with E-state index >= 15 is 0 Å². The van der Waals surface area contributed by atoms with Crippen LogP contribution in [-0.2, 0) is 10.0 Å². The molecule has 3 aromatic rings. The number of rotatable bonds is 6. The van der Waals surface area contributed by atoms with Crippen molar-refractivity contribution in [3.8, 4) is 22.6 Å². The Kier molecular flexibility index (Phi) is 5.06. The lowest BCUT2D eigenvalue weighted by Gasteiger charge is -2.10. The monoisotopic (exact) mass is 394 g/mol. The Morgan fingerprint density at radius 3 is 2.38 bits per heavy atom. The van der Waals surface area contributed by atoms with Crippen LogP contribution in [0.5, 0.6) is 11.5 Å². The highest BCUT2D eigenvalue weighted by Crippen LogP contribution is 2.36. The van der Waals surface area contributed by atoms with Crippen LogP contribution >= 0.6 is 11.6 Å². The maximum absolute atomic E-state index is 12.5. The summed E-state index contributed by atoms with van der Waals surface area (Å²) in [5.74, 6) is 1.04. The lowest BCUT2D eigenvalue weighted by atomic mass is 10.1. The fraction of sp³-hybridized carbons (Fsp3) is 0.118. The maximum Gasteiger partial charge on any atom is 0.264 e. The van der Waals surface area contributed by atoms with Crippen LogP contribution in [0.4, 0.5) is 5.88 Å². The van der Waals surface area contributed by atoms with Crippen LogP contribution in [0.15, 0.2) is 58.1 Å². The van der Waals surface area contributed by atoms with E-state index in [0.29, 0.717) is 27.6 Å². The molecule has 0 aliphatic rings. The minimum atomic E-state index is -3.86. The molecule has 3 rings (SSSR count). The molecule has 136 valence electrons. The van der Waals surface area contributed by atoms with E-state index in [0.717, 1.165) is 0 Å². The summed E-state index contributed by atoms with van der Waals surface area (Å²) in [7, 11) is -0.814. The van der Waals surface area contributed by atoms with Gasteiger partial charge in [-0.2, -0.15) is 0 Å². The lowest BCUT2D eigenvalue weighted by molar-refractivity contribution is 0.355. The molecule has 7 nitrogen and oxygen atoms in total.